The first-order chi connectivity index (χ1) is 11.7. The quantitative estimate of drug-likeness (QED) is 0.623. The number of carbonyl (C=O) groups excluding carboxylic acids is 1. The molecule has 1 amide bonds. The molecule has 1 aliphatic heterocycles. The summed E-state index contributed by atoms with van der Waals surface area (Å²) in [6, 6.07) is 15.7. The average molecular weight is 362 g/mol. The van der Waals surface area contributed by atoms with Crippen molar-refractivity contribution in [2.45, 2.75) is 6.54 Å². The van der Waals surface area contributed by atoms with Crippen LogP contribution in [0.3, 0.4) is 0 Å². The van der Waals surface area contributed by atoms with E-state index in [4.69, 9.17) is 9.47 Å². The van der Waals surface area contributed by atoms with Crippen molar-refractivity contribution in [1.82, 2.24) is 5.43 Å². The molecule has 1 heterocycles. The Labute approximate surface area is 152 Å². The molecule has 25 heavy (non-hydrogen) atoms. The second-order valence-corrected chi connectivity index (χ2v) is 5.51. The van der Waals surface area contributed by atoms with Crippen LogP contribution in [-0.2, 0) is 11.3 Å². The molecule has 1 aliphatic rings. The monoisotopic (exact) mass is 361 g/mol. The van der Waals surface area contributed by atoms with Crippen LogP contribution in [0.4, 0.5) is 0 Å². The third-order valence-electron chi connectivity index (χ3n) is 3.92. The molecule has 0 saturated carbocycles. The first-order valence-corrected chi connectivity index (χ1v) is 7.69. The number of ether oxygens (including phenoxy) is 2. The van der Waals surface area contributed by atoms with Gasteiger partial charge in [-0.05, 0) is 18.2 Å². The van der Waals surface area contributed by atoms with Crippen LogP contribution >= 0.6 is 0 Å². The van der Waals surface area contributed by atoms with Gasteiger partial charge in [0.05, 0.1) is 19.8 Å². The van der Waals surface area contributed by atoms with Gasteiger partial charge in [-0.3, -0.25) is 9.69 Å². The van der Waals surface area contributed by atoms with E-state index in [1.165, 1.54) is 0 Å². The van der Waals surface area contributed by atoms with E-state index in [9.17, 15) is 4.79 Å². The van der Waals surface area contributed by atoms with Gasteiger partial charge in [-0.2, -0.15) is 0 Å². The molecular weight excluding hydrogens is 342 g/mol. The number of hydrogen-bond donors (Lipinski definition) is 2. The maximum Gasteiger partial charge on any atom is 0.295 e. The molecule has 3 rings (SSSR count). The van der Waals surface area contributed by atoms with Crippen LogP contribution in [0.1, 0.15) is 11.1 Å². The molecule has 0 spiro atoms. The number of amides is 1. The van der Waals surface area contributed by atoms with Gasteiger partial charge in [-0.15, -0.1) is 5.10 Å². The SMILES string of the molecule is COc1ccc(C2=NNC(=O)C[NH+]2Cc2ccccc2)cc1OC.[Cl-]. The maximum atomic E-state index is 11.8. The standard InChI is InChI=1S/C18H19N3O3.ClH/c1-23-15-9-8-14(10-16(15)24-2)18-20-19-17(22)12-21(18)11-13-6-4-3-5-7-13;/h3-10H,11-12H2,1-2H3,(H,19,22);1H. The van der Waals surface area contributed by atoms with Gasteiger partial charge in [0.2, 0.25) is 0 Å². The Bertz CT molecular complexity index is 765. The molecule has 7 heteroatoms. The zero-order chi connectivity index (χ0) is 16.9. The highest BCUT2D eigenvalue weighted by Crippen LogP contribution is 2.27. The highest BCUT2D eigenvalue weighted by molar-refractivity contribution is 5.96. The molecule has 2 aromatic carbocycles. The fraction of sp³-hybridized carbons (Fsp3) is 0.222. The van der Waals surface area contributed by atoms with E-state index >= 15 is 0 Å². The van der Waals surface area contributed by atoms with Crippen LogP contribution < -0.4 is 32.2 Å². The van der Waals surface area contributed by atoms with Crippen LogP contribution in [0, 0.1) is 0 Å². The summed E-state index contributed by atoms with van der Waals surface area (Å²) in [6.45, 7) is 1.02. The van der Waals surface area contributed by atoms with E-state index in [0.717, 1.165) is 21.9 Å². The molecule has 0 bridgehead atoms. The third kappa shape index (κ3) is 4.29. The summed E-state index contributed by atoms with van der Waals surface area (Å²) in [4.78, 5) is 12.8. The summed E-state index contributed by atoms with van der Waals surface area (Å²) in [5.74, 6) is 1.98. The van der Waals surface area contributed by atoms with Crippen molar-refractivity contribution in [3.63, 3.8) is 0 Å². The summed E-state index contributed by atoms with van der Waals surface area (Å²) in [6.07, 6.45) is 0. The number of hydrogen-bond acceptors (Lipinski definition) is 4. The van der Waals surface area contributed by atoms with Gasteiger partial charge >= 0.3 is 0 Å². The fourth-order valence-corrected chi connectivity index (χ4v) is 2.76. The number of halogens is 1. The number of quaternary nitrogens is 1. The van der Waals surface area contributed by atoms with E-state index in [-0.39, 0.29) is 18.3 Å². The Morgan fingerprint density at radius 1 is 1.08 bits per heavy atom. The number of hydrazone groups is 1. The normalized spacial score (nSPS) is 16.3. The number of amidine groups is 1. The minimum atomic E-state index is -0.0924. The summed E-state index contributed by atoms with van der Waals surface area (Å²) < 4.78 is 10.6. The zero-order valence-electron chi connectivity index (χ0n) is 14.1. The van der Waals surface area contributed by atoms with Gasteiger partial charge < -0.3 is 21.9 Å². The van der Waals surface area contributed by atoms with Gasteiger partial charge in [-0.25, -0.2) is 5.43 Å². The maximum absolute atomic E-state index is 11.8. The van der Waals surface area contributed by atoms with E-state index in [0.29, 0.717) is 24.6 Å². The van der Waals surface area contributed by atoms with Crippen molar-refractivity contribution in [3.8, 4) is 11.5 Å². The highest BCUT2D eigenvalue weighted by atomic mass is 35.5. The Hall–Kier alpha value is -2.57. The molecule has 0 saturated heterocycles. The summed E-state index contributed by atoms with van der Waals surface area (Å²) in [7, 11) is 3.20. The molecule has 0 fully saturated rings. The van der Waals surface area contributed by atoms with Crippen molar-refractivity contribution < 1.29 is 31.6 Å². The van der Waals surface area contributed by atoms with Gasteiger partial charge in [0.1, 0.15) is 6.54 Å². The van der Waals surface area contributed by atoms with E-state index < -0.39 is 0 Å². The number of nitrogens with one attached hydrogen (secondary N) is 2. The molecule has 2 N–H and O–H groups in total. The van der Waals surface area contributed by atoms with Crippen LogP contribution in [0.5, 0.6) is 11.5 Å². The van der Waals surface area contributed by atoms with Crippen LogP contribution in [0.25, 0.3) is 0 Å². The lowest BCUT2D eigenvalue weighted by Gasteiger charge is -2.23. The molecular formula is C18H20ClN3O3. The van der Waals surface area contributed by atoms with Crippen LogP contribution in [-0.4, -0.2) is 32.5 Å². The van der Waals surface area contributed by atoms with Crippen molar-refractivity contribution in [1.29, 1.82) is 0 Å². The minimum absolute atomic E-state index is 0. The number of methoxy groups -OCH3 is 2. The molecule has 132 valence electrons. The zero-order valence-corrected chi connectivity index (χ0v) is 14.8. The summed E-state index contributed by atoms with van der Waals surface area (Å²) >= 11 is 0. The minimum Gasteiger partial charge on any atom is -1.00 e. The Balaban J connectivity index is 0.00000225. The largest absolute Gasteiger partial charge is 1.00 e. The van der Waals surface area contributed by atoms with Crippen molar-refractivity contribution in [3.05, 3.63) is 59.7 Å². The van der Waals surface area contributed by atoms with Crippen molar-refractivity contribution >= 4 is 11.7 Å². The van der Waals surface area contributed by atoms with E-state index in [1.807, 2.05) is 48.5 Å². The lowest BCUT2D eigenvalue weighted by molar-refractivity contribution is -0.812. The molecule has 0 radical (unpaired) electrons. The number of nitrogens with zero attached hydrogens (tertiary/aromatic N) is 1. The van der Waals surface area contributed by atoms with Gasteiger partial charge in [0, 0.05) is 5.56 Å². The highest BCUT2D eigenvalue weighted by Gasteiger charge is 2.28. The molecule has 6 nitrogen and oxygen atoms in total. The third-order valence-corrected chi connectivity index (χ3v) is 3.92. The van der Waals surface area contributed by atoms with E-state index in [2.05, 4.69) is 10.5 Å². The van der Waals surface area contributed by atoms with Gasteiger partial charge in [-0.1, -0.05) is 30.3 Å². The predicted octanol–water partition coefficient (Wildman–Crippen LogP) is -2.42. The number of benzene rings is 2. The van der Waals surface area contributed by atoms with Crippen LogP contribution in [0.15, 0.2) is 53.6 Å². The average Bonchev–Trinajstić information content (AvgIpc) is 2.62. The molecule has 0 aliphatic carbocycles. The van der Waals surface area contributed by atoms with Crippen molar-refractivity contribution in [2.24, 2.45) is 5.10 Å². The molecule has 0 aromatic heterocycles. The molecule has 1 unspecified atom stereocenters. The topological polar surface area (TPSA) is 64.4 Å². The van der Waals surface area contributed by atoms with Gasteiger partial charge in [0.15, 0.2) is 18.0 Å². The molecule has 2 aromatic rings. The van der Waals surface area contributed by atoms with E-state index in [1.54, 1.807) is 14.2 Å². The molecule has 1 atom stereocenters. The Kier molecular flexibility index (Phi) is 6.38. The number of rotatable bonds is 5. The predicted molar refractivity (Wildman–Crippen MR) is 90.2 cm³/mol. The summed E-state index contributed by atoms with van der Waals surface area (Å²) in [5.41, 5.74) is 4.60. The summed E-state index contributed by atoms with van der Waals surface area (Å²) in [5, 5.41) is 4.27. The second-order valence-electron chi connectivity index (χ2n) is 5.51. The fourth-order valence-electron chi connectivity index (χ4n) is 2.76. The Morgan fingerprint density at radius 3 is 2.48 bits per heavy atom. The smallest absolute Gasteiger partial charge is 0.295 e. The first-order valence-electron chi connectivity index (χ1n) is 7.69. The lowest BCUT2D eigenvalue weighted by Crippen LogP contribution is -3.15. The van der Waals surface area contributed by atoms with Gasteiger partial charge in [0.25, 0.3) is 11.7 Å². The first kappa shape index (κ1) is 18.8. The van der Waals surface area contributed by atoms with Crippen LogP contribution in [0.2, 0.25) is 0 Å². The number of carbonyl (C=O) groups is 1. The van der Waals surface area contributed by atoms with Crippen molar-refractivity contribution in [2.75, 3.05) is 20.8 Å². The Morgan fingerprint density at radius 2 is 1.80 bits per heavy atom. The lowest BCUT2D eigenvalue weighted by atomic mass is 10.1. The second kappa shape index (κ2) is 8.50.